The summed E-state index contributed by atoms with van der Waals surface area (Å²) in [4.78, 5) is 38.3. The molecule has 0 spiro atoms. The zero-order valence-electron chi connectivity index (χ0n) is 16.3. The van der Waals surface area contributed by atoms with Crippen molar-refractivity contribution in [2.45, 2.75) is 13.8 Å². The molecule has 30 heavy (non-hydrogen) atoms. The Bertz CT molecular complexity index is 1070. The molecule has 0 radical (unpaired) electrons. The number of esters is 2. The molecule has 0 fully saturated rings. The zero-order chi connectivity index (χ0) is 21.7. The standard InChI is InChI=1S/C21H18N2O7/c1-3-28-19(24)12-29-16-6-4-5-14(10-16)11-17-21(25)30-20(22-17)15-7-8-18(23(26)27)13(2)9-15/h4-11H,3,12H2,1-2H3/b17-11-. The van der Waals surface area contributed by atoms with Crippen LogP contribution in [0.15, 0.2) is 53.2 Å². The monoisotopic (exact) mass is 410 g/mol. The van der Waals surface area contributed by atoms with Gasteiger partial charge in [0.1, 0.15) is 5.75 Å². The molecule has 0 aliphatic carbocycles. The number of hydrogen-bond donors (Lipinski definition) is 0. The van der Waals surface area contributed by atoms with Gasteiger partial charge in [0.25, 0.3) is 5.69 Å². The minimum Gasteiger partial charge on any atom is -0.482 e. The van der Waals surface area contributed by atoms with Crippen molar-refractivity contribution in [3.8, 4) is 5.75 Å². The molecule has 2 aromatic rings. The van der Waals surface area contributed by atoms with Crippen LogP contribution in [0.2, 0.25) is 0 Å². The van der Waals surface area contributed by atoms with Crippen LogP contribution in [0.1, 0.15) is 23.6 Å². The zero-order valence-corrected chi connectivity index (χ0v) is 16.3. The third-order valence-corrected chi connectivity index (χ3v) is 4.08. The van der Waals surface area contributed by atoms with Crippen molar-refractivity contribution >= 4 is 29.6 Å². The molecule has 0 saturated carbocycles. The summed E-state index contributed by atoms with van der Waals surface area (Å²) in [6.45, 7) is 3.35. The minimum absolute atomic E-state index is 0.0286. The number of ether oxygens (including phenoxy) is 3. The number of nitro groups is 1. The van der Waals surface area contributed by atoms with Gasteiger partial charge in [0.15, 0.2) is 12.3 Å². The quantitative estimate of drug-likeness (QED) is 0.298. The summed E-state index contributed by atoms with van der Waals surface area (Å²) >= 11 is 0. The topological polar surface area (TPSA) is 117 Å². The number of benzene rings is 2. The van der Waals surface area contributed by atoms with Gasteiger partial charge in [-0.25, -0.2) is 14.6 Å². The van der Waals surface area contributed by atoms with Crippen LogP contribution in [0.5, 0.6) is 5.75 Å². The van der Waals surface area contributed by atoms with E-state index in [2.05, 4.69) is 4.99 Å². The second-order valence-corrected chi connectivity index (χ2v) is 6.26. The number of hydrogen-bond acceptors (Lipinski definition) is 8. The maximum atomic E-state index is 12.2. The van der Waals surface area contributed by atoms with Gasteiger partial charge in [0.05, 0.1) is 11.5 Å². The van der Waals surface area contributed by atoms with Crippen LogP contribution in [0.3, 0.4) is 0 Å². The van der Waals surface area contributed by atoms with E-state index in [1.165, 1.54) is 24.3 Å². The molecule has 0 saturated heterocycles. The van der Waals surface area contributed by atoms with E-state index in [9.17, 15) is 19.7 Å². The maximum Gasteiger partial charge on any atom is 0.363 e. The summed E-state index contributed by atoms with van der Waals surface area (Å²) in [6.07, 6.45) is 1.52. The SMILES string of the molecule is CCOC(=O)COc1cccc(/C=C2\N=C(c3ccc([N+](=O)[O-])c(C)c3)OC2=O)c1. The predicted octanol–water partition coefficient (Wildman–Crippen LogP) is 3.19. The van der Waals surface area contributed by atoms with Gasteiger partial charge in [-0.1, -0.05) is 12.1 Å². The molecule has 0 atom stereocenters. The summed E-state index contributed by atoms with van der Waals surface area (Å²) < 4.78 is 15.4. The maximum absolute atomic E-state index is 12.2. The molecule has 0 unspecified atom stereocenters. The summed E-state index contributed by atoms with van der Waals surface area (Å²) in [6, 6.07) is 11.1. The Labute approximate surface area is 171 Å². The van der Waals surface area contributed by atoms with Gasteiger partial charge in [0.2, 0.25) is 5.90 Å². The van der Waals surface area contributed by atoms with Crippen LogP contribution in [-0.2, 0) is 19.1 Å². The molecule has 0 aromatic heterocycles. The number of rotatable bonds is 7. The van der Waals surface area contributed by atoms with E-state index in [1.54, 1.807) is 38.1 Å². The van der Waals surface area contributed by atoms with E-state index < -0.39 is 16.9 Å². The molecule has 3 rings (SSSR count). The Hall–Kier alpha value is -4.01. The number of cyclic esters (lactones) is 1. The second kappa shape index (κ2) is 8.99. The van der Waals surface area contributed by atoms with E-state index in [-0.39, 0.29) is 30.5 Å². The third-order valence-electron chi connectivity index (χ3n) is 4.08. The number of aryl methyl sites for hydroxylation is 1. The fourth-order valence-electron chi connectivity index (χ4n) is 2.72. The highest BCUT2D eigenvalue weighted by atomic mass is 16.6. The lowest BCUT2D eigenvalue weighted by Crippen LogP contribution is -2.14. The van der Waals surface area contributed by atoms with Gasteiger partial charge in [-0.3, -0.25) is 10.1 Å². The molecular weight excluding hydrogens is 392 g/mol. The lowest BCUT2D eigenvalue weighted by atomic mass is 10.1. The first kappa shape index (κ1) is 20.7. The Morgan fingerprint density at radius 3 is 2.77 bits per heavy atom. The molecule has 1 aliphatic heterocycles. The van der Waals surface area contributed by atoms with Gasteiger partial charge in [0, 0.05) is 17.2 Å². The molecule has 9 heteroatoms. The largest absolute Gasteiger partial charge is 0.482 e. The van der Waals surface area contributed by atoms with E-state index in [1.807, 2.05) is 0 Å². The fraction of sp³-hybridized carbons (Fsp3) is 0.190. The summed E-state index contributed by atoms with van der Waals surface area (Å²) in [5.74, 6) is -0.620. The Morgan fingerprint density at radius 2 is 2.07 bits per heavy atom. The number of carbonyl (C=O) groups is 2. The Kier molecular flexibility index (Phi) is 6.21. The normalized spacial score (nSPS) is 14.3. The Morgan fingerprint density at radius 1 is 1.27 bits per heavy atom. The molecule has 154 valence electrons. The van der Waals surface area contributed by atoms with Crippen molar-refractivity contribution in [3.05, 3.63) is 75.0 Å². The highest BCUT2D eigenvalue weighted by Gasteiger charge is 2.25. The van der Waals surface area contributed by atoms with Crippen molar-refractivity contribution in [2.24, 2.45) is 4.99 Å². The van der Waals surface area contributed by atoms with Crippen molar-refractivity contribution < 1.29 is 28.7 Å². The second-order valence-electron chi connectivity index (χ2n) is 6.26. The van der Waals surface area contributed by atoms with Crippen molar-refractivity contribution in [3.63, 3.8) is 0 Å². The van der Waals surface area contributed by atoms with Crippen LogP contribution in [0.25, 0.3) is 6.08 Å². The van der Waals surface area contributed by atoms with Crippen molar-refractivity contribution in [2.75, 3.05) is 13.2 Å². The molecule has 0 amide bonds. The van der Waals surface area contributed by atoms with Crippen LogP contribution in [-0.4, -0.2) is 36.0 Å². The van der Waals surface area contributed by atoms with Gasteiger partial charge in [-0.15, -0.1) is 0 Å². The van der Waals surface area contributed by atoms with Gasteiger partial charge in [-0.05, 0) is 49.8 Å². The highest BCUT2D eigenvalue weighted by molar-refractivity contribution is 6.13. The molecular formula is C21H18N2O7. The van der Waals surface area contributed by atoms with E-state index in [0.29, 0.717) is 22.4 Å². The van der Waals surface area contributed by atoms with Crippen molar-refractivity contribution in [1.29, 1.82) is 0 Å². The van der Waals surface area contributed by atoms with Crippen molar-refractivity contribution in [1.82, 2.24) is 0 Å². The first-order valence-electron chi connectivity index (χ1n) is 9.04. The van der Waals surface area contributed by atoms with Gasteiger partial charge >= 0.3 is 11.9 Å². The first-order valence-corrected chi connectivity index (χ1v) is 9.04. The summed E-state index contributed by atoms with van der Waals surface area (Å²) in [7, 11) is 0. The minimum atomic E-state index is -0.640. The highest BCUT2D eigenvalue weighted by Crippen LogP contribution is 2.24. The average molecular weight is 410 g/mol. The van der Waals surface area contributed by atoms with Gasteiger partial charge in [-0.2, -0.15) is 0 Å². The molecule has 9 nitrogen and oxygen atoms in total. The number of nitrogens with zero attached hydrogens (tertiary/aromatic N) is 2. The number of aliphatic imine (C=N–C) groups is 1. The Balaban J connectivity index is 1.79. The predicted molar refractivity (Wildman–Crippen MR) is 107 cm³/mol. The molecule has 0 N–H and O–H groups in total. The lowest BCUT2D eigenvalue weighted by Gasteiger charge is -2.06. The van der Waals surface area contributed by atoms with Crippen LogP contribution in [0.4, 0.5) is 5.69 Å². The summed E-state index contributed by atoms with van der Waals surface area (Å²) in [5, 5.41) is 11.0. The van der Waals surface area contributed by atoms with Crippen LogP contribution < -0.4 is 4.74 Å². The number of nitro benzene ring substituents is 1. The molecule has 1 aliphatic rings. The van der Waals surface area contributed by atoms with E-state index in [0.717, 1.165) is 0 Å². The summed E-state index contributed by atoms with van der Waals surface area (Å²) in [5.41, 5.74) is 1.55. The molecule has 2 aromatic carbocycles. The van der Waals surface area contributed by atoms with Gasteiger partial charge < -0.3 is 14.2 Å². The van der Waals surface area contributed by atoms with E-state index in [4.69, 9.17) is 14.2 Å². The molecule has 0 bridgehead atoms. The van der Waals surface area contributed by atoms with Crippen LogP contribution in [0, 0.1) is 17.0 Å². The smallest absolute Gasteiger partial charge is 0.363 e. The first-order chi connectivity index (χ1) is 14.4. The average Bonchev–Trinajstić information content (AvgIpc) is 3.07. The third kappa shape index (κ3) is 4.88. The molecule has 1 heterocycles. The van der Waals surface area contributed by atoms with Crippen LogP contribution >= 0.6 is 0 Å². The van der Waals surface area contributed by atoms with E-state index >= 15 is 0 Å². The number of carbonyl (C=O) groups excluding carboxylic acids is 2. The fourth-order valence-corrected chi connectivity index (χ4v) is 2.72. The lowest BCUT2D eigenvalue weighted by molar-refractivity contribution is -0.385.